The third kappa shape index (κ3) is 1.94. The molecule has 3 heterocycles. The molecule has 7 nitrogen and oxygen atoms in total. The molecule has 1 aromatic heterocycles. The van der Waals surface area contributed by atoms with Crippen molar-refractivity contribution in [2.45, 2.75) is 18.5 Å². The monoisotopic (exact) mass is 317 g/mol. The molecule has 0 aliphatic carbocycles. The molecule has 3 amide bonds. The third-order valence-electron chi connectivity index (χ3n) is 4.51. The highest BCUT2D eigenvalue weighted by Crippen LogP contribution is 2.24. The number of urea groups is 1. The molecule has 2 aliphatic rings. The molecule has 0 saturated carbocycles. The fraction of sp³-hybridized carbons (Fsp3) is 0.429. The number of likely N-dealkylation sites (N-methyl/N-ethyl adjacent to an activating group) is 1. The average Bonchev–Trinajstić information content (AvgIpc) is 3.11. The van der Waals surface area contributed by atoms with Crippen molar-refractivity contribution in [2.75, 3.05) is 20.1 Å². The number of rotatable bonds is 1. The van der Waals surface area contributed by atoms with Crippen molar-refractivity contribution in [1.29, 1.82) is 0 Å². The lowest BCUT2D eigenvalue weighted by Gasteiger charge is -2.35. The summed E-state index contributed by atoms with van der Waals surface area (Å²) >= 11 is 1.11. The van der Waals surface area contributed by atoms with Crippen LogP contribution >= 0.6 is 11.7 Å². The van der Waals surface area contributed by atoms with Crippen LogP contribution in [0.4, 0.5) is 4.79 Å². The van der Waals surface area contributed by atoms with E-state index in [9.17, 15) is 9.59 Å². The minimum atomic E-state index is -0.0601. The number of likely N-dealkylation sites (tertiary alicyclic amines) is 1. The van der Waals surface area contributed by atoms with Crippen molar-refractivity contribution >= 4 is 34.7 Å². The van der Waals surface area contributed by atoms with Crippen molar-refractivity contribution in [3.05, 3.63) is 23.8 Å². The van der Waals surface area contributed by atoms with E-state index in [0.717, 1.165) is 23.7 Å². The van der Waals surface area contributed by atoms with Gasteiger partial charge in [-0.1, -0.05) is 6.07 Å². The molecular weight excluding hydrogens is 302 g/mol. The van der Waals surface area contributed by atoms with Crippen LogP contribution in [0, 0.1) is 0 Å². The SMILES string of the molecule is CN1C(=O)N[C@H]2CN(C(=O)c3cccc4nsnc34)CC[C@H]21. The van der Waals surface area contributed by atoms with Gasteiger partial charge in [0.25, 0.3) is 5.91 Å². The Morgan fingerprint density at radius 3 is 3.14 bits per heavy atom. The summed E-state index contributed by atoms with van der Waals surface area (Å²) in [7, 11) is 1.80. The molecule has 0 radical (unpaired) electrons. The number of hydrogen-bond donors (Lipinski definition) is 1. The van der Waals surface area contributed by atoms with Gasteiger partial charge in [0, 0.05) is 20.1 Å². The highest BCUT2D eigenvalue weighted by atomic mass is 32.1. The Morgan fingerprint density at radius 1 is 1.41 bits per heavy atom. The fourth-order valence-corrected chi connectivity index (χ4v) is 3.84. The van der Waals surface area contributed by atoms with E-state index in [1.807, 2.05) is 12.1 Å². The summed E-state index contributed by atoms with van der Waals surface area (Å²) in [4.78, 5) is 28.1. The predicted molar refractivity (Wildman–Crippen MR) is 81.8 cm³/mol. The molecule has 2 aromatic rings. The lowest BCUT2D eigenvalue weighted by Crippen LogP contribution is -2.52. The van der Waals surface area contributed by atoms with Gasteiger partial charge in [-0.15, -0.1) is 0 Å². The maximum Gasteiger partial charge on any atom is 0.317 e. The van der Waals surface area contributed by atoms with Crippen LogP contribution in [0.2, 0.25) is 0 Å². The first-order valence-electron chi connectivity index (χ1n) is 7.19. The molecule has 0 unspecified atom stereocenters. The number of benzene rings is 1. The molecule has 22 heavy (non-hydrogen) atoms. The quantitative estimate of drug-likeness (QED) is 0.849. The summed E-state index contributed by atoms with van der Waals surface area (Å²) in [6, 6.07) is 5.59. The van der Waals surface area contributed by atoms with E-state index in [2.05, 4.69) is 14.1 Å². The number of fused-ring (bicyclic) bond motifs is 2. The van der Waals surface area contributed by atoms with Gasteiger partial charge in [0.1, 0.15) is 11.0 Å². The first-order chi connectivity index (χ1) is 10.6. The van der Waals surface area contributed by atoms with Crippen LogP contribution in [0.15, 0.2) is 18.2 Å². The Hall–Kier alpha value is -2.22. The number of hydrogen-bond acceptors (Lipinski definition) is 5. The standard InChI is InChI=1S/C14H15N5O2S/c1-18-11-5-6-19(7-10(11)15-14(18)21)13(20)8-3-2-4-9-12(8)17-22-16-9/h2-4,10-11H,5-7H2,1H3,(H,15,21)/t10-,11+/m0/s1. The van der Waals surface area contributed by atoms with Crippen LogP contribution in [-0.4, -0.2) is 62.7 Å². The highest BCUT2D eigenvalue weighted by molar-refractivity contribution is 7.00. The van der Waals surface area contributed by atoms with Gasteiger partial charge in [0.15, 0.2) is 0 Å². The lowest BCUT2D eigenvalue weighted by atomic mass is 9.99. The zero-order valence-corrected chi connectivity index (χ0v) is 12.8. The Balaban J connectivity index is 1.59. The number of carbonyl (C=O) groups is 2. The van der Waals surface area contributed by atoms with Crippen LogP contribution in [0.5, 0.6) is 0 Å². The number of aromatic nitrogens is 2. The van der Waals surface area contributed by atoms with Crippen LogP contribution in [0.25, 0.3) is 11.0 Å². The topological polar surface area (TPSA) is 78.4 Å². The third-order valence-corrected chi connectivity index (χ3v) is 5.05. The van der Waals surface area contributed by atoms with Gasteiger partial charge in [-0.25, -0.2) is 4.79 Å². The van der Waals surface area contributed by atoms with E-state index in [1.165, 1.54) is 0 Å². The zero-order valence-electron chi connectivity index (χ0n) is 12.0. The van der Waals surface area contributed by atoms with Gasteiger partial charge in [-0.3, -0.25) is 4.79 Å². The van der Waals surface area contributed by atoms with Crippen molar-refractivity contribution in [3.63, 3.8) is 0 Å². The summed E-state index contributed by atoms with van der Waals surface area (Å²) in [5.74, 6) is -0.0412. The summed E-state index contributed by atoms with van der Waals surface area (Å²) in [5.41, 5.74) is 1.99. The summed E-state index contributed by atoms with van der Waals surface area (Å²) in [6.45, 7) is 1.18. The van der Waals surface area contributed by atoms with E-state index in [-0.39, 0.29) is 24.0 Å². The van der Waals surface area contributed by atoms with Crippen LogP contribution in [-0.2, 0) is 0 Å². The van der Waals surface area contributed by atoms with Crippen molar-refractivity contribution < 1.29 is 9.59 Å². The van der Waals surface area contributed by atoms with Gasteiger partial charge >= 0.3 is 6.03 Å². The molecule has 1 N–H and O–H groups in total. The number of nitrogens with one attached hydrogen (secondary N) is 1. The predicted octanol–water partition coefficient (Wildman–Crippen LogP) is 0.929. The van der Waals surface area contributed by atoms with E-state index in [0.29, 0.717) is 24.2 Å². The van der Waals surface area contributed by atoms with E-state index < -0.39 is 0 Å². The number of nitrogens with zero attached hydrogens (tertiary/aromatic N) is 4. The number of carbonyl (C=O) groups excluding carboxylic acids is 2. The fourth-order valence-electron chi connectivity index (χ4n) is 3.29. The van der Waals surface area contributed by atoms with Crippen LogP contribution in [0.3, 0.4) is 0 Å². The molecule has 8 heteroatoms. The molecule has 2 fully saturated rings. The first kappa shape index (κ1) is 13.4. The van der Waals surface area contributed by atoms with Crippen LogP contribution in [0.1, 0.15) is 16.8 Å². The Morgan fingerprint density at radius 2 is 2.27 bits per heavy atom. The molecule has 2 atom stereocenters. The molecule has 114 valence electrons. The highest BCUT2D eigenvalue weighted by Gasteiger charge is 2.41. The minimum Gasteiger partial charge on any atom is -0.336 e. The lowest BCUT2D eigenvalue weighted by molar-refractivity contribution is 0.0668. The summed E-state index contributed by atoms with van der Waals surface area (Å²) in [5, 5.41) is 2.94. The minimum absolute atomic E-state index is 0.00274. The Bertz CT molecular complexity index is 761. The summed E-state index contributed by atoms with van der Waals surface area (Å²) in [6.07, 6.45) is 0.789. The van der Waals surface area contributed by atoms with Crippen molar-refractivity contribution in [3.8, 4) is 0 Å². The molecule has 4 rings (SSSR count). The zero-order chi connectivity index (χ0) is 15.3. The first-order valence-corrected chi connectivity index (χ1v) is 7.92. The normalized spacial score (nSPS) is 24.5. The van der Waals surface area contributed by atoms with Crippen molar-refractivity contribution in [1.82, 2.24) is 23.9 Å². The summed E-state index contributed by atoms with van der Waals surface area (Å²) < 4.78 is 8.41. The molecule has 0 bridgehead atoms. The van der Waals surface area contributed by atoms with Crippen LogP contribution < -0.4 is 5.32 Å². The molecule has 2 saturated heterocycles. The number of piperidine rings is 1. The van der Waals surface area contributed by atoms with Gasteiger partial charge in [-0.05, 0) is 18.6 Å². The van der Waals surface area contributed by atoms with Gasteiger partial charge in [-0.2, -0.15) is 8.75 Å². The maximum absolute atomic E-state index is 12.8. The van der Waals surface area contributed by atoms with Gasteiger partial charge < -0.3 is 15.1 Å². The maximum atomic E-state index is 12.8. The molecule has 1 aromatic carbocycles. The molecular formula is C14H15N5O2S. The molecule has 0 spiro atoms. The second kappa shape index (κ2) is 4.91. The van der Waals surface area contributed by atoms with E-state index >= 15 is 0 Å². The van der Waals surface area contributed by atoms with E-state index in [4.69, 9.17) is 0 Å². The van der Waals surface area contributed by atoms with Crippen molar-refractivity contribution in [2.24, 2.45) is 0 Å². The average molecular weight is 317 g/mol. The second-order valence-corrected chi connectivity index (χ2v) is 6.24. The van der Waals surface area contributed by atoms with E-state index in [1.54, 1.807) is 22.9 Å². The second-order valence-electron chi connectivity index (χ2n) is 5.71. The van der Waals surface area contributed by atoms with Gasteiger partial charge in [0.05, 0.1) is 29.4 Å². The Labute approximate surface area is 131 Å². The Kier molecular flexibility index (Phi) is 3.00. The number of amides is 3. The largest absolute Gasteiger partial charge is 0.336 e. The smallest absolute Gasteiger partial charge is 0.317 e. The van der Waals surface area contributed by atoms with Gasteiger partial charge in [0.2, 0.25) is 0 Å². The molecule has 2 aliphatic heterocycles.